The summed E-state index contributed by atoms with van der Waals surface area (Å²) in [5.74, 6) is 0.0810. The number of unbranched alkanes of at least 4 members (excludes halogenated alkanes) is 2. The van der Waals surface area contributed by atoms with Crippen LogP contribution >= 0.6 is 0 Å². The topological polar surface area (TPSA) is 45.5 Å². The molecule has 1 aromatic heterocycles. The number of aliphatic hydroxyl groups excluding tert-OH is 1. The zero-order valence-electron chi connectivity index (χ0n) is 11.4. The Hall–Kier alpha value is -1.29. The summed E-state index contributed by atoms with van der Waals surface area (Å²) in [5, 5.41) is 8.70. The van der Waals surface area contributed by atoms with Crippen LogP contribution in [0.4, 0.5) is 0 Å². The second kappa shape index (κ2) is 7.93. The van der Waals surface area contributed by atoms with E-state index < -0.39 is 0 Å². The minimum atomic E-state index is 0.0810. The number of carbonyl (C=O) groups is 1. The molecule has 0 atom stereocenters. The number of hydrogen-bond donors (Lipinski definition) is 1. The van der Waals surface area contributed by atoms with Crippen LogP contribution in [0.2, 0.25) is 0 Å². The van der Waals surface area contributed by atoms with Gasteiger partial charge in [0.15, 0.2) is 0 Å². The number of hydrogen-bond acceptors (Lipinski definition) is 2. The maximum Gasteiger partial charge on any atom is 0.270 e. The lowest BCUT2D eigenvalue weighted by molar-refractivity contribution is 0.0781. The standard InChI is InChI=1S/C14H24N2O2/c1-3-9-16-11-7-8-13(16)14(18)15(2)10-5-4-6-12-17/h7-8,11,17H,3-6,9-10,12H2,1-2H3. The van der Waals surface area contributed by atoms with Crippen LogP contribution in [0.15, 0.2) is 18.3 Å². The molecule has 0 aliphatic rings. The molecule has 0 aromatic carbocycles. The van der Waals surface area contributed by atoms with Crippen molar-refractivity contribution in [2.24, 2.45) is 0 Å². The van der Waals surface area contributed by atoms with Gasteiger partial charge in [0.05, 0.1) is 0 Å². The third kappa shape index (κ3) is 4.18. The van der Waals surface area contributed by atoms with E-state index >= 15 is 0 Å². The summed E-state index contributed by atoms with van der Waals surface area (Å²) in [6, 6.07) is 3.80. The summed E-state index contributed by atoms with van der Waals surface area (Å²) in [6.07, 6.45) is 5.70. The number of aliphatic hydroxyl groups is 1. The molecule has 0 radical (unpaired) electrons. The number of aromatic nitrogens is 1. The molecule has 0 bridgehead atoms. The van der Waals surface area contributed by atoms with Crippen LogP contribution in [-0.2, 0) is 6.54 Å². The van der Waals surface area contributed by atoms with Crippen LogP contribution in [0.1, 0.15) is 43.1 Å². The molecule has 1 N–H and O–H groups in total. The minimum Gasteiger partial charge on any atom is -0.396 e. The maximum atomic E-state index is 12.2. The van der Waals surface area contributed by atoms with Gasteiger partial charge in [0, 0.05) is 32.9 Å². The Labute approximate surface area is 109 Å². The van der Waals surface area contributed by atoms with Crippen LogP contribution in [0.5, 0.6) is 0 Å². The lowest BCUT2D eigenvalue weighted by Gasteiger charge is -2.18. The second-order valence-corrected chi connectivity index (χ2v) is 4.60. The van der Waals surface area contributed by atoms with Crippen LogP contribution < -0.4 is 0 Å². The second-order valence-electron chi connectivity index (χ2n) is 4.60. The number of aryl methyl sites for hydroxylation is 1. The Morgan fingerprint density at radius 1 is 1.39 bits per heavy atom. The zero-order valence-corrected chi connectivity index (χ0v) is 11.4. The Morgan fingerprint density at radius 2 is 2.17 bits per heavy atom. The van der Waals surface area contributed by atoms with Crippen molar-refractivity contribution < 1.29 is 9.90 Å². The van der Waals surface area contributed by atoms with Gasteiger partial charge in [0.25, 0.3) is 5.91 Å². The fraction of sp³-hybridized carbons (Fsp3) is 0.643. The predicted molar refractivity (Wildman–Crippen MR) is 72.6 cm³/mol. The van der Waals surface area contributed by atoms with Gasteiger partial charge in [-0.25, -0.2) is 0 Å². The van der Waals surface area contributed by atoms with Gasteiger partial charge in [-0.2, -0.15) is 0 Å². The highest BCUT2D eigenvalue weighted by Gasteiger charge is 2.14. The third-order valence-corrected chi connectivity index (χ3v) is 3.01. The molecule has 0 aliphatic heterocycles. The van der Waals surface area contributed by atoms with Gasteiger partial charge < -0.3 is 14.6 Å². The number of amides is 1. The van der Waals surface area contributed by atoms with Crippen molar-refractivity contribution in [2.75, 3.05) is 20.2 Å². The Kier molecular flexibility index (Phi) is 6.50. The first-order valence-electron chi connectivity index (χ1n) is 6.72. The molecule has 4 nitrogen and oxygen atoms in total. The number of rotatable bonds is 8. The lowest BCUT2D eigenvalue weighted by Crippen LogP contribution is -2.29. The molecule has 0 spiro atoms. The normalized spacial score (nSPS) is 10.6. The highest BCUT2D eigenvalue weighted by molar-refractivity contribution is 5.92. The average molecular weight is 252 g/mol. The van der Waals surface area contributed by atoms with Crippen molar-refractivity contribution >= 4 is 5.91 Å². The molecule has 0 aliphatic carbocycles. The van der Waals surface area contributed by atoms with Gasteiger partial charge in [0.1, 0.15) is 5.69 Å². The van der Waals surface area contributed by atoms with E-state index in [0.717, 1.165) is 44.5 Å². The van der Waals surface area contributed by atoms with Crippen molar-refractivity contribution in [3.05, 3.63) is 24.0 Å². The fourth-order valence-electron chi connectivity index (χ4n) is 1.98. The molecule has 0 unspecified atom stereocenters. The van der Waals surface area contributed by atoms with Crippen molar-refractivity contribution in [3.63, 3.8) is 0 Å². The molecule has 102 valence electrons. The quantitative estimate of drug-likeness (QED) is 0.720. The Balaban J connectivity index is 2.49. The molecule has 0 fully saturated rings. The molecule has 4 heteroatoms. The van der Waals surface area contributed by atoms with Gasteiger partial charge in [0.2, 0.25) is 0 Å². The number of nitrogens with zero attached hydrogens (tertiary/aromatic N) is 2. The summed E-state index contributed by atoms with van der Waals surface area (Å²) >= 11 is 0. The van der Waals surface area contributed by atoms with Crippen LogP contribution in [-0.4, -0.2) is 40.7 Å². The largest absolute Gasteiger partial charge is 0.396 e. The van der Waals surface area contributed by atoms with E-state index in [9.17, 15) is 4.79 Å². The summed E-state index contributed by atoms with van der Waals surface area (Å²) in [6.45, 7) is 3.96. The lowest BCUT2D eigenvalue weighted by atomic mass is 10.2. The van der Waals surface area contributed by atoms with E-state index in [-0.39, 0.29) is 12.5 Å². The van der Waals surface area contributed by atoms with Gasteiger partial charge >= 0.3 is 0 Å². The molecule has 0 saturated carbocycles. The van der Waals surface area contributed by atoms with Gasteiger partial charge in [-0.3, -0.25) is 4.79 Å². The van der Waals surface area contributed by atoms with Crippen molar-refractivity contribution in [2.45, 2.75) is 39.2 Å². The van der Waals surface area contributed by atoms with E-state index in [0.29, 0.717) is 0 Å². The Morgan fingerprint density at radius 3 is 2.83 bits per heavy atom. The zero-order chi connectivity index (χ0) is 13.4. The summed E-state index contributed by atoms with van der Waals surface area (Å²) in [7, 11) is 1.84. The smallest absolute Gasteiger partial charge is 0.270 e. The molecular formula is C14H24N2O2. The molecule has 1 heterocycles. The van der Waals surface area contributed by atoms with E-state index in [4.69, 9.17) is 5.11 Å². The maximum absolute atomic E-state index is 12.2. The molecule has 1 aromatic rings. The average Bonchev–Trinajstić information content (AvgIpc) is 2.82. The number of carbonyl (C=O) groups excluding carboxylic acids is 1. The molecule has 0 saturated heterocycles. The summed E-state index contributed by atoms with van der Waals surface area (Å²) in [5.41, 5.74) is 0.765. The van der Waals surface area contributed by atoms with Crippen molar-refractivity contribution in [1.82, 2.24) is 9.47 Å². The van der Waals surface area contributed by atoms with E-state index in [1.807, 2.05) is 29.9 Å². The first-order chi connectivity index (χ1) is 8.70. The Bertz CT molecular complexity index is 360. The van der Waals surface area contributed by atoms with Gasteiger partial charge in [-0.15, -0.1) is 0 Å². The van der Waals surface area contributed by atoms with E-state index in [2.05, 4.69) is 6.92 Å². The van der Waals surface area contributed by atoms with E-state index in [1.165, 1.54) is 0 Å². The molecular weight excluding hydrogens is 228 g/mol. The van der Waals surface area contributed by atoms with Gasteiger partial charge in [-0.05, 0) is 37.8 Å². The minimum absolute atomic E-state index is 0.0810. The SMILES string of the molecule is CCCn1cccc1C(=O)N(C)CCCCCO. The van der Waals surface area contributed by atoms with E-state index in [1.54, 1.807) is 4.90 Å². The first kappa shape index (κ1) is 14.8. The van der Waals surface area contributed by atoms with Crippen molar-refractivity contribution in [1.29, 1.82) is 0 Å². The fourth-order valence-corrected chi connectivity index (χ4v) is 1.98. The molecule has 1 amide bonds. The third-order valence-electron chi connectivity index (χ3n) is 3.01. The van der Waals surface area contributed by atoms with Gasteiger partial charge in [-0.1, -0.05) is 6.92 Å². The first-order valence-corrected chi connectivity index (χ1v) is 6.72. The van der Waals surface area contributed by atoms with Crippen LogP contribution in [0, 0.1) is 0 Å². The molecule has 18 heavy (non-hydrogen) atoms. The molecule has 1 rings (SSSR count). The predicted octanol–water partition coefficient (Wildman–Crippen LogP) is 2.13. The van der Waals surface area contributed by atoms with Crippen molar-refractivity contribution in [3.8, 4) is 0 Å². The highest BCUT2D eigenvalue weighted by Crippen LogP contribution is 2.08. The monoisotopic (exact) mass is 252 g/mol. The van der Waals surface area contributed by atoms with Crippen LogP contribution in [0.25, 0.3) is 0 Å². The summed E-state index contributed by atoms with van der Waals surface area (Å²) in [4.78, 5) is 14.0. The highest BCUT2D eigenvalue weighted by atomic mass is 16.2. The van der Waals surface area contributed by atoms with Crippen LogP contribution in [0.3, 0.4) is 0 Å². The summed E-state index contributed by atoms with van der Waals surface area (Å²) < 4.78 is 2.01.